The molecule has 1 N–H and O–H groups in total. The first-order chi connectivity index (χ1) is 12.1. The van der Waals surface area contributed by atoms with Gasteiger partial charge in [0.1, 0.15) is 0 Å². The van der Waals surface area contributed by atoms with Crippen LogP contribution in [-0.2, 0) is 18.3 Å². The Morgan fingerprint density at radius 2 is 0.929 bits per heavy atom. The van der Waals surface area contributed by atoms with Gasteiger partial charge in [-0.25, -0.2) is 0 Å². The molecular weight excluding hydrogens is 459 g/mol. The Labute approximate surface area is 182 Å². The van der Waals surface area contributed by atoms with Crippen LogP contribution < -0.4 is 14.7 Å². The fraction of sp³-hybridized carbons (Fsp3) is 0.867. The minimum Gasteiger partial charge on any atom is -0.799 e. The van der Waals surface area contributed by atoms with Crippen molar-refractivity contribution in [2.24, 2.45) is 0 Å². The van der Waals surface area contributed by atoms with Gasteiger partial charge >= 0.3 is 25.4 Å². The molecule has 0 radical (unpaired) electrons. The molecule has 0 fully saturated rings. The summed E-state index contributed by atoms with van der Waals surface area (Å²) in [7, 11) is -10.7. The molecule has 166 valence electrons. The molecule has 0 aliphatic rings. The second kappa shape index (κ2) is 22.6. The van der Waals surface area contributed by atoms with Crippen LogP contribution in [0.1, 0.15) is 41.5 Å². The van der Waals surface area contributed by atoms with E-state index in [9.17, 15) is 32.9 Å². The Bertz CT molecular complexity index is 447. The van der Waals surface area contributed by atoms with Crippen LogP contribution in [0.3, 0.4) is 0 Å². The first-order valence-corrected chi connectivity index (χ1v) is 16.1. The van der Waals surface area contributed by atoms with E-state index in [0.29, 0.717) is 37.0 Å². The monoisotopic (exact) mass is 495 g/mol. The van der Waals surface area contributed by atoms with E-state index in [1.165, 1.54) is 6.08 Å². The zero-order valence-corrected chi connectivity index (χ0v) is 22.6. The fourth-order valence-electron chi connectivity index (χ4n) is 0.781. The molecule has 0 saturated heterocycles. The second-order valence-electron chi connectivity index (χ2n) is 5.16. The van der Waals surface area contributed by atoms with Gasteiger partial charge in [0, 0.05) is 22.1 Å². The van der Waals surface area contributed by atoms with Gasteiger partial charge in [-0.15, -0.1) is 0 Å². The predicted molar refractivity (Wildman–Crippen MR) is 117 cm³/mol. The summed E-state index contributed by atoms with van der Waals surface area (Å²) in [6.07, 6.45) is 3.39. The van der Waals surface area contributed by atoms with E-state index in [0.717, 1.165) is 0 Å². The molecular formula is C15H36AlO8P4+. The molecule has 0 saturated carbocycles. The van der Waals surface area contributed by atoms with Crippen LogP contribution in [0.25, 0.3) is 0 Å². The van der Waals surface area contributed by atoms with Crippen LogP contribution in [-0.4, -0.2) is 65.4 Å². The maximum atomic E-state index is 10.4. The number of hydrogen-bond acceptors (Lipinski definition) is 7. The molecule has 0 aliphatic carbocycles. The zero-order valence-electron chi connectivity index (χ0n) is 17.9. The van der Waals surface area contributed by atoms with Crippen molar-refractivity contribution in [2.45, 2.75) is 41.5 Å². The molecule has 0 rings (SSSR count). The van der Waals surface area contributed by atoms with Crippen molar-refractivity contribution >= 4 is 47.5 Å². The number of allylic oxidation sites excluding steroid dienone is 1. The van der Waals surface area contributed by atoms with Gasteiger partial charge < -0.3 is 28.4 Å². The van der Waals surface area contributed by atoms with Crippen molar-refractivity contribution in [3.05, 3.63) is 12.7 Å². The average molecular weight is 495 g/mol. The zero-order chi connectivity index (χ0) is 22.7. The molecule has 0 aromatic carbocycles. The van der Waals surface area contributed by atoms with Gasteiger partial charge in [0.05, 0.1) is 0 Å². The van der Waals surface area contributed by atoms with E-state index in [1.807, 2.05) is 0 Å². The van der Waals surface area contributed by atoms with Crippen LogP contribution in [0.5, 0.6) is 0 Å². The largest absolute Gasteiger partial charge is 3.00 e. The normalized spacial score (nSPS) is 11.1. The van der Waals surface area contributed by atoms with E-state index in [4.69, 9.17) is 4.89 Å². The van der Waals surface area contributed by atoms with Gasteiger partial charge in [-0.2, -0.15) is 4.89 Å². The summed E-state index contributed by atoms with van der Waals surface area (Å²) in [6.45, 7) is 13.2. The van der Waals surface area contributed by atoms with Gasteiger partial charge in [0.2, 0.25) is 0 Å². The third-order valence-electron chi connectivity index (χ3n) is 3.18. The summed E-state index contributed by atoms with van der Waals surface area (Å²) < 4.78 is 40.9. The third-order valence-corrected chi connectivity index (χ3v) is 9.53. The summed E-state index contributed by atoms with van der Waals surface area (Å²) in [5.74, 6) is 0. The first kappa shape index (κ1) is 39.4. The Balaban J connectivity index is -0.0000000831. The van der Waals surface area contributed by atoms with Gasteiger partial charge in [0.15, 0.2) is 6.16 Å². The third kappa shape index (κ3) is 37.6. The SMILES string of the molecule is C=CC[P+](=O)O.CCP(=O)([O-])CC.CCP(=O)([O-])CC.CCP(=O)([O-])CC.[Al+3]. The topological polar surface area (TPSA) is 158 Å². The Morgan fingerprint density at radius 3 is 0.929 bits per heavy atom. The van der Waals surface area contributed by atoms with Gasteiger partial charge in [-0.3, -0.25) is 0 Å². The Morgan fingerprint density at radius 1 is 0.750 bits per heavy atom. The molecule has 13 heteroatoms. The predicted octanol–water partition coefficient (Wildman–Crippen LogP) is 2.52. The van der Waals surface area contributed by atoms with Crippen molar-refractivity contribution in [1.82, 2.24) is 0 Å². The molecule has 0 amide bonds. The summed E-state index contributed by atoms with van der Waals surface area (Å²) in [5.41, 5.74) is 0. The van der Waals surface area contributed by atoms with Crippen LogP contribution >= 0.6 is 30.1 Å². The van der Waals surface area contributed by atoms with E-state index in [1.54, 1.807) is 41.5 Å². The number of rotatable bonds is 8. The molecule has 1 atom stereocenters. The van der Waals surface area contributed by atoms with Crippen LogP contribution in [0, 0.1) is 0 Å². The molecule has 28 heavy (non-hydrogen) atoms. The van der Waals surface area contributed by atoms with Crippen LogP contribution in [0.2, 0.25) is 0 Å². The average Bonchev–Trinajstić information content (AvgIpc) is 2.63. The van der Waals surface area contributed by atoms with Gasteiger partial charge in [-0.1, -0.05) is 48.1 Å². The summed E-state index contributed by atoms with van der Waals surface area (Å²) in [6, 6.07) is 0. The van der Waals surface area contributed by atoms with E-state index < -0.39 is 30.1 Å². The Kier molecular flexibility index (Phi) is 31.8. The molecule has 0 aromatic rings. The first-order valence-electron chi connectivity index (χ1n) is 8.75. The van der Waals surface area contributed by atoms with Gasteiger partial charge in [0.25, 0.3) is 0 Å². The summed E-state index contributed by atoms with van der Waals surface area (Å²) in [5, 5.41) is 0. The van der Waals surface area contributed by atoms with Crippen molar-refractivity contribution in [2.75, 3.05) is 43.1 Å². The molecule has 1 unspecified atom stereocenters. The van der Waals surface area contributed by atoms with Gasteiger partial charge in [-0.05, 0) is 47.6 Å². The maximum absolute atomic E-state index is 10.4. The summed E-state index contributed by atoms with van der Waals surface area (Å²) in [4.78, 5) is 39.2. The van der Waals surface area contributed by atoms with E-state index in [2.05, 4.69) is 6.58 Å². The number of hydrogen-bond donors (Lipinski definition) is 1. The quantitative estimate of drug-likeness (QED) is 0.306. The molecule has 0 aromatic heterocycles. The fourth-order valence-corrected chi connectivity index (χ4v) is 2.34. The van der Waals surface area contributed by atoms with Crippen LogP contribution in [0.15, 0.2) is 12.7 Å². The summed E-state index contributed by atoms with van der Waals surface area (Å²) >= 11 is 0. The maximum Gasteiger partial charge on any atom is 3.00 e. The molecule has 8 nitrogen and oxygen atoms in total. The van der Waals surface area contributed by atoms with E-state index in [-0.39, 0.29) is 23.5 Å². The second-order valence-corrected chi connectivity index (χ2v) is 14.9. The van der Waals surface area contributed by atoms with Crippen LogP contribution in [0.4, 0.5) is 0 Å². The molecule has 0 bridgehead atoms. The van der Waals surface area contributed by atoms with Crippen molar-refractivity contribution < 1.29 is 37.8 Å². The molecule has 0 aliphatic heterocycles. The molecule has 0 spiro atoms. The standard InChI is InChI=1S/3C4H11O2P.C3H5O2P.Al/c3*1-3-7(5,6)4-2;1-2-3-6(4)5;/h3*3-4H2,1-2H3,(H,5,6);2H,1,3H2;/q;;;;+3/p-2. The minimum atomic E-state index is -2.90. The van der Waals surface area contributed by atoms with Crippen molar-refractivity contribution in [3.63, 3.8) is 0 Å². The van der Waals surface area contributed by atoms with Crippen molar-refractivity contribution in [1.29, 1.82) is 0 Å². The minimum absolute atomic E-state index is 0. The Hall–Kier alpha value is 0.902. The van der Waals surface area contributed by atoms with Crippen molar-refractivity contribution in [3.8, 4) is 0 Å². The van der Waals surface area contributed by atoms with E-state index >= 15 is 0 Å². The smallest absolute Gasteiger partial charge is 0.799 e. The molecule has 0 heterocycles.